The van der Waals surface area contributed by atoms with Crippen LogP contribution in [0.1, 0.15) is 10.4 Å². The Morgan fingerprint density at radius 3 is 2.69 bits per heavy atom. The van der Waals surface area contributed by atoms with Crippen molar-refractivity contribution in [3.8, 4) is 5.75 Å². The van der Waals surface area contributed by atoms with E-state index in [4.69, 9.17) is 9.15 Å². The molecule has 2 aromatic heterocycles. The molecule has 9 heteroatoms. The van der Waals surface area contributed by atoms with Gasteiger partial charge in [-0.3, -0.25) is 10.1 Å². The van der Waals surface area contributed by atoms with E-state index in [0.29, 0.717) is 21.9 Å². The van der Waals surface area contributed by atoms with Gasteiger partial charge in [0.15, 0.2) is 16.5 Å². The highest BCUT2D eigenvalue weighted by molar-refractivity contribution is 7.13. The molecule has 2 heterocycles. The standard InChI is InChI=1S/C20H13F2N3O3S/c1-27-16-4-2-3-11-7-15(18(26)25-20-23-5-6-29-20)19(28-17(11)16)24-14-9-12(21)8-13(22)10-14/h2-10H,1H3,(H,23,25,26). The Kier molecular flexibility index (Phi) is 5.05. The van der Waals surface area contributed by atoms with E-state index in [2.05, 4.69) is 15.3 Å². The van der Waals surface area contributed by atoms with E-state index >= 15 is 0 Å². The summed E-state index contributed by atoms with van der Waals surface area (Å²) < 4.78 is 38.3. The van der Waals surface area contributed by atoms with Crippen molar-refractivity contribution >= 4 is 39.0 Å². The van der Waals surface area contributed by atoms with Gasteiger partial charge in [0.2, 0.25) is 5.55 Å². The van der Waals surface area contributed by atoms with Gasteiger partial charge < -0.3 is 9.15 Å². The van der Waals surface area contributed by atoms with Crippen LogP contribution < -0.4 is 15.6 Å². The molecule has 6 nitrogen and oxygen atoms in total. The van der Waals surface area contributed by atoms with Crippen LogP contribution in [0.2, 0.25) is 0 Å². The molecule has 0 spiro atoms. The fourth-order valence-corrected chi connectivity index (χ4v) is 3.23. The maximum Gasteiger partial charge on any atom is 0.262 e. The molecule has 0 aliphatic rings. The second kappa shape index (κ2) is 7.80. The number of amides is 1. The Hall–Kier alpha value is -3.59. The topological polar surface area (TPSA) is 76.7 Å². The molecule has 1 amide bonds. The largest absolute Gasteiger partial charge is 0.493 e. The van der Waals surface area contributed by atoms with Gasteiger partial charge in [-0.15, -0.1) is 11.3 Å². The first-order valence-corrected chi connectivity index (χ1v) is 9.24. The average molecular weight is 413 g/mol. The first-order chi connectivity index (χ1) is 14.0. The summed E-state index contributed by atoms with van der Waals surface area (Å²) >= 11 is 1.25. The molecule has 29 heavy (non-hydrogen) atoms. The number of fused-ring (bicyclic) bond motifs is 1. The summed E-state index contributed by atoms with van der Waals surface area (Å²) in [6.45, 7) is 0. The van der Waals surface area contributed by atoms with Crippen LogP contribution in [0, 0.1) is 11.6 Å². The van der Waals surface area contributed by atoms with Gasteiger partial charge in [-0.25, -0.2) is 18.8 Å². The number of carbonyl (C=O) groups excluding carboxylic acids is 1. The van der Waals surface area contributed by atoms with Crippen molar-refractivity contribution in [1.82, 2.24) is 4.98 Å². The highest BCUT2D eigenvalue weighted by Crippen LogP contribution is 2.25. The smallest absolute Gasteiger partial charge is 0.262 e. The predicted molar refractivity (Wildman–Crippen MR) is 104 cm³/mol. The number of para-hydroxylation sites is 1. The molecule has 0 aliphatic heterocycles. The number of anilines is 1. The third-order valence-corrected chi connectivity index (χ3v) is 4.62. The Bertz CT molecular complexity index is 1250. The van der Waals surface area contributed by atoms with Gasteiger partial charge in [0.25, 0.3) is 5.91 Å². The molecule has 0 saturated carbocycles. The van der Waals surface area contributed by atoms with Crippen molar-refractivity contribution in [2.24, 2.45) is 4.99 Å². The highest BCUT2D eigenvalue weighted by Gasteiger charge is 2.16. The van der Waals surface area contributed by atoms with E-state index in [1.165, 1.54) is 18.4 Å². The predicted octanol–water partition coefficient (Wildman–Crippen LogP) is 4.66. The third-order valence-electron chi connectivity index (χ3n) is 3.93. The summed E-state index contributed by atoms with van der Waals surface area (Å²) in [5.41, 5.74) is 0.256. The monoisotopic (exact) mass is 413 g/mol. The normalized spacial score (nSPS) is 11.6. The van der Waals surface area contributed by atoms with Crippen LogP contribution in [0.4, 0.5) is 19.6 Å². The molecule has 0 atom stereocenters. The highest BCUT2D eigenvalue weighted by atomic mass is 32.1. The zero-order valence-corrected chi connectivity index (χ0v) is 15.8. The fraction of sp³-hybridized carbons (Fsp3) is 0.0500. The van der Waals surface area contributed by atoms with E-state index in [1.54, 1.807) is 35.8 Å². The Balaban J connectivity index is 1.93. The van der Waals surface area contributed by atoms with Crippen molar-refractivity contribution in [3.05, 3.63) is 76.8 Å². The number of thiazole rings is 1. The zero-order chi connectivity index (χ0) is 20.4. The number of hydrogen-bond acceptors (Lipinski definition) is 6. The lowest BCUT2D eigenvalue weighted by Gasteiger charge is -2.08. The number of aromatic nitrogens is 1. The second-order valence-electron chi connectivity index (χ2n) is 5.87. The number of hydrogen-bond donors (Lipinski definition) is 1. The van der Waals surface area contributed by atoms with Crippen LogP contribution in [0.25, 0.3) is 11.0 Å². The van der Waals surface area contributed by atoms with E-state index in [1.807, 2.05) is 0 Å². The summed E-state index contributed by atoms with van der Waals surface area (Å²) in [5, 5.41) is 5.35. The van der Waals surface area contributed by atoms with Gasteiger partial charge in [-0.2, -0.15) is 0 Å². The number of nitrogens with zero attached hydrogens (tertiary/aromatic N) is 2. The van der Waals surface area contributed by atoms with Crippen molar-refractivity contribution in [1.29, 1.82) is 0 Å². The van der Waals surface area contributed by atoms with E-state index in [0.717, 1.165) is 18.2 Å². The number of methoxy groups -OCH3 is 1. The quantitative estimate of drug-likeness (QED) is 0.528. The molecule has 0 fully saturated rings. The van der Waals surface area contributed by atoms with Gasteiger partial charge in [-0.05, 0) is 24.3 Å². The van der Waals surface area contributed by atoms with Gasteiger partial charge >= 0.3 is 0 Å². The Morgan fingerprint density at radius 2 is 2.00 bits per heavy atom. The molecule has 4 rings (SSSR count). The maximum atomic E-state index is 13.6. The van der Waals surface area contributed by atoms with Gasteiger partial charge in [0.05, 0.1) is 12.8 Å². The molecule has 4 aromatic rings. The van der Waals surface area contributed by atoms with Crippen LogP contribution in [0.5, 0.6) is 5.75 Å². The van der Waals surface area contributed by atoms with E-state index < -0.39 is 17.5 Å². The molecular weight excluding hydrogens is 400 g/mol. The summed E-state index contributed by atoms with van der Waals surface area (Å²) in [7, 11) is 1.48. The minimum Gasteiger partial charge on any atom is -0.493 e. The van der Waals surface area contributed by atoms with Crippen molar-refractivity contribution < 1.29 is 22.7 Å². The second-order valence-corrected chi connectivity index (χ2v) is 6.77. The van der Waals surface area contributed by atoms with E-state index in [9.17, 15) is 13.6 Å². The van der Waals surface area contributed by atoms with Crippen LogP contribution in [0.15, 0.2) is 63.5 Å². The molecule has 0 bridgehead atoms. The van der Waals surface area contributed by atoms with Crippen LogP contribution in [0.3, 0.4) is 0 Å². The van der Waals surface area contributed by atoms with E-state index in [-0.39, 0.29) is 16.8 Å². The molecular formula is C20H13F2N3O3S. The Labute approximate surface area is 167 Å². The zero-order valence-electron chi connectivity index (χ0n) is 15.0. The number of rotatable bonds is 4. The lowest BCUT2D eigenvalue weighted by molar-refractivity contribution is 0.102. The summed E-state index contributed by atoms with van der Waals surface area (Å²) in [6.07, 6.45) is 1.55. The summed E-state index contributed by atoms with van der Waals surface area (Å²) in [4.78, 5) is 21.0. The average Bonchev–Trinajstić information content (AvgIpc) is 3.19. The Morgan fingerprint density at radius 1 is 1.21 bits per heavy atom. The maximum absolute atomic E-state index is 13.6. The molecule has 146 valence electrons. The van der Waals surface area contributed by atoms with Crippen LogP contribution in [-0.4, -0.2) is 18.0 Å². The molecule has 2 aromatic carbocycles. The first-order valence-electron chi connectivity index (χ1n) is 8.36. The van der Waals surface area contributed by atoms with Crippen molar-refractivity contribution in [3.63, 3.8) is 0 Å². The van der Waals surface area contributed by atoms with Crippen molar-refractivity contribution in [2.45, 2.75) is 0 Å². The number of carbonyl (C=O) groups is 1. The van der Waals surface area contributed by atoms with Crippen molar-refractivity contribution in [2.75, 3.05) is 12.4 Å². The van der Waals surface area contributed by atoms with Crippen LogP contribution in [-0.2, 0) is 0 Å². The minimum atomic E-state index is -0.795. The van der Waals surface area contributed by atoms with Gasteiger partial charge in [0, 0.05) is 23.0 Å². The fourth-order valence-electron chi connectivity index (χ4n) is 2.70. The number of benzene rings is 2. The third kappa shape index (κ3) is 3.99. The summed E-state index contributed by atoms with van der Waals surface area (Å²) in [6, 6.07) is 9.55. The molecule has 0 radical (unpaired) electrons. The lowest BCUT2D eigenvalue weighted by Crippen LogP contribution is -2.21. The molecule has 0 aliphatic carbocycles. The van der Waals surface area contributed by atoms with Gasteiger partial charge in [-0.1, -0.05) is 12.1 Å². The van der Waals surface area contributed by atoms with Crippen LogP contribution >= 0.6 is 11.3 Å². The first kappa shape index (κ1) is 18.8. The number of ether oxygens (including phenoxy) is 1. The lowest BCUT2D eigenvalue weighted by atomic mass is 10.1. The number of halogens is 2. The molecule has 0 unspecified atom stereocenters. The number of nitrogens with one attached hydrogen (secondary N) is 1. The van der Waals surface area contributed by atoms with Gasteiger partial charge in [0.1, 0.15) is 17.2 Å². The summed E-state index contributed by atoms with van der Waals surface area (Å²) in [5.74, 6) is -1.69. The SMILES string of the molecule is COc1cccc2cc(C(=O)Nc3nccs3)c(=Nc3cc(F)cc(F)c3)oc12. The molecule has 1 N–H and O–H groups in total. The molecule has 0 saturated heterocycles. The minimum absolute atomic E-state index is 0.0382.